The monoisotopic (exact) mass is 807 g/mol. The van der Waals surface area contributed by atoms with Crippen molar-refractivity contribution in [3.8, 4) is 0 Å². The van der Waals surface area contributed by atoms with E-state index in [4.69, 9.17) is 33.2 Å². The summed E-state index contributed by atoms with van der Waals surface area (Å²) in [6.45, 7) is 16.9. The molecular weight excluding hydrogens is 732 g/mol. The molecule has 0 aromatic rings. The van der Waals surface area contributed by atoms with Gasteiger partial charge in [0.05, 0.1) is 47.6 Å². The number of carbonyl (C=O) groups is 2. The van der Waals surface area contributed by atoms with Gasteiger partial charge < -0.3 is 68.5 Å². The van der Waals surface area contributed by atoms with E-state index < -0.39 is 109 Å². The second kappa shape index (κ2) is 19.7. The summed E-state index contributed by atoms with van der Waals surface area (Å²) in [6, 6.07) is -0.954. The number of cyclic esters (lactones) is 1. The predicted octanol–water partition coefficient (Wildman–Crippen LogP) is 1.44. The highest BCUT2D eigenvalue weighted by Crippen LogP contribution is 2.40. The Bertz CT molecular complexity index is 1270. The third-order valence-corrected chi connectivity index (χ3v) is 12.6. The summed E-state index contributed by atoms with van der Waals surface area (Å²) in [5.41, 5.74) is -4.54. The first-order valence-electron chi connectivity index (χ1n) is 20.2. The number of carbonyl (C=O) groups excluding carboxylic acids is 2. The molecule has 16 nitrogen and oxygen atoms in total. The molecule has 3 heterocycles. The van der Waals surface area contributed by atoms with Crippen LogP contribution < -0.4 is 0 Å². The second-order valence-corrected chi connectivity index (χ2v) is 17.8. The predicted molar refractivity (Wildman–Crippen MR) is 205 cm³/mol. The molecule has 56 heavy (non-hydrogen) atoms. The van der Waals surface area contributed by atoms with Crippen LogP contribution in [0.25, 0.3) is 0 Å². The molecule has 5 N–H and O–H groups in total. The number of rotatable bonds is 9. The first-order valence-corrected chi connectivity index (χ1v) is 20.2. The molecule has 0 aromatic carbocycles. The molecule has 0 radical (unpaired) electrons. The standard InChI is InChI=1S/C40H74N2O14/c1-15-28-40(10,49)33(45)25(6)42(13)19-21(2)17-38(8,48)35(56-37-32(54-29(44)20-43)27(41(11)12)16-22(3)51-37)23(4)31(24(5)36(47)53-28)55-30-18-39(9,50-14)34(46)26(7)52-30/h21-28,30-35,37,43,45-46,48-49H,15-20H2,1-14H3/t21-,22-,23+,24-,25-,26+,27+,28-,30+,31+,32-,33-,34+,35-,37+,38-,39-,40-/m1/s1. The number of methoxy groups -OCH3 is 1. The minimum Gasteiger partial charge on any atom is -0.459 e. The maximum atomic E-state index is 14.3. The van der Waals surface area contributed by atoms with E-state index >= 15 is 0 Å². The van der Waals surface area contributed by atoms with Crippen LogP contribution in [0.4, 0.5) is 0 Å². The minimum absolute atomic E-state index is 0.0919. The third kappa shape index (κ3) is 11.2. The Morgan fingerprint density at radius 2 is 1.59 bits per heavy atom. The van der Waals surface area contributed by atoms with Gasteiger partial charge in [0, 0.05) is 32.0 Å². The van der Waals surface area contributed by atoms with Crippen molar-refractivity contribution in [3.05, 3.63) is 0 Å². The maximum Gasteiger partial charge on any atom is 0.332 e. The summed E-state index contributed by atoms with van der Waals surface area (Å²) < 4.78 is 43.6. The molecule has 3 aliphatic rings. The van der Waals surface area contributed by atoms with E-state index in [0.29, 0.717) is 13.0 Å². The number of esters is 2. The van der Waals surface area contributed by atoms with Gasteiger partial charge in [-0.25, -0.2) is 4.79 Å². The summed E-state index contributed by atoms with van der Waals surface area (Å²) in [6.07, 6.45) is -8.97. The zero-order chi connectivity index (χ0) is 42.7. The van der Waals surface area contributed by atoms with Crippen molar-refractivity contribution in [2.75, 3.05) is 41.4 Å². The highest BCUT2D eigenvalue weighted by molar-refractivity contribution is 5.73. The van der Waals surface area contributed by atoms with Gasteiger partial charge in [-0.15, -0.1) is 0 Å². The molecular formula is C40H74N2O14. The van der Waals surface area contributed by atoms with E-state index in [9.17, 15) is 35.1 Å². The first kappa shape index (κ1) is 48.8. The maximum absolute atomic E-state index is 14.3. The average Bonchev–Trinajstić information content (AvgIpc) is 3.12. The molecule has 0 amide bonds. The summed E-state index contributed by atoms with van der Waals surface area (Å²) in [5.74, 6) is -3.70. The van der Waals surface area contributed by atoms with Crippen LogP contribution in [0.15, 0.2) is 0 Å². The molecule has 3 fully saturated rings. The van der Waals surface area contributed by atoms with Crippen molar-refractivity contribution < 1.29 is 68.3 Å². The fourth-order valence-corrected chi connectivity index (χ4v) is 9.04. The highest BCUT2D eigenvalue weighted by atomic mass is 16.7. The molecule has 3 aliphatic heterocycles. The van der Waals surface area contributed by atoms with Gasteiger partial charge in [0.2, 0.25) is 0 Å². The van der Waals surface area contributed by atoms with Crippen LogP contribution in [-0.2, 0) is 42.7 Å². The zero-order valence-electron chi connectivity index (χ0n) is 36.2. The van der Waals surface area contributed by atoms with E-state index in [0.717, 1.165) is 0 Å². The van der Waals surface area contributed by atoms with Gasteiger partial charge in [-0.2, -0.15) is 0 Å². The number of aliphatic hydroxyl groups is 5. The van der Waals surface area contributed by atoms with Crippen molar-refractivity contribution in [1.29, 1.82) is 0 Å². The molecule has 16 heteroatoms. The lowest BCUT2D eigenvalue weighted by atomic mass is 9.77. The Morgan fingerprint density at radius 3 is 2.14 bits per heavy atom. The third-order valence-electron chi connectivity index (χ3n) is 12.6. The van der Waals surface area contributed by atoms with E-state index in [1.165, 1.54) is 14.0 Å². The smallest absolute Gasteiger partial charge is 0.332 e. The molecule has 0 unspecified atom stereocenters. The van der Waals surface area contributed by atoms with E-state index in [2.05, 4.69) is 0 Å². The summed E-state index contributed by atoms with van der Waals surface area (Å²) in [7, 11) is 6.99. The topological polar surface area (TPSA) is 206 Å². The van der Waals surface area contributed by atoms with Crippen LogP contribution in [0.3, 0.4) is 0 Å². The lowest BCUT2D eigenvalue weighted by Crippen LogP contribution is -2.61. The Hall–Kier alpha value is -1.54. The number of likely N-dealkylation sites (N-methyl/N-ethyl adjacent to an activating group) is 2. The van der Waals surface area contributed by atoms with Gasteiger partial charge in [0.25, 0.3) is 0 Å². The number of hydrogen-bond acceptors (Lipinski definition) is 16. The number of hydrogen-bond donors (Lipinski definition) is 5. The van der Waals surface area contributed by atoms with Crippen molar-refractivity contribution in [2.24, 2.45) is 17.8 Å². The highest BCUT2D eigenvalue weighted by Gasteiger charge is 2.53. The van der Waals surface area contributed by atoms with Crippen molar-refractivity contribution >= 4 is 11.9 Å². The first-order chi connectivity index (χ1) is 25.8. The molecule has 0 spiro atoms. The fourth-order valence-electron chi connectivity index (χ4n) is 9.04. The van der Waals surface area contributed by atoms with Gasteiger partial charge >= 0.3 is 11.9 Å². The normalized spacial score (nSPS) is 46.8. The number of ether oxygens (including phenoxy) is 7. The van der Waals surface area contributed by atoms with Crippen LogP contribution >= 0.6 is 0 Å². The van der Waals surface area contributed by atoms with Gasteiger partial charge in [0.1, 0.15) is 30.5 Å². The molecule has 0 aromatic heterocycles. The summed E-state index contributed by atoms with van der Waals surface area (Å²) in [5, 5.41) is 56.6. The summed E-state index contributed by atoms with van der Waals surface area (Å²) in [4.78, 5) is 30.7. The largest absolute Gasteiger partial charge is 0.459 e. The lowest BCUT2D eigenvalue weighted by molar-refractivity contribution is -0.319. The van der Waals surface area contributed by atoms with Crippen molar-refractivity contribution in [2.45, 2.75) is 185 Å². The zero-order valence-corrected chi connectivity index (χ0v) is 36.2. The van der Waals surface area contributed by atoms with Crippen LogP contribution in [0.1, 0.15) is 94.9 Å². The Labute approximate surface area is 334 Å². The van der Waals surface area contributed by atoms with Crippen molar-refractivity contribution in [3.63, 3.8) is 0 Å². The Kier molecular flexibility index (Phi) is 17.2. The quantitative estimate of drug-likeness (QED) is 0.209. The second-order valence-electron chi connectivity index (χ2n) is 17.8. The SMILES string of the molecule is CC[C@H]1OC(=O)[C@H](C)[C@@H](O[C@H]2C[C@@](C)(OC)[C@@H](O)[C@H](C)O2)[C@H](C)[C@@H](O[C@@H]2O[C@H](C)C[C@H](N(C)C)[C@H]2OC(=O)CO)[C@](C)(O)C[C@@H](C)CN(C)[C@H](C)[C@@H](O)[C@]1(C)O. The average molecular weight is 807 g/mol. The molecule has 0 saturated carbocycles. The number of nitrogens with zero attached hydrogens (tertiary/aromatic N) is 2. The lowest BCUT2D eigenvalue weighted by Gasteiger charge is -2.49. The van der Waals surface area contributed by atoms with Gasteiger partial charge in [-0.1, -0.05) is 20.8 Å². The van der Waals surface area contributed by atoms with E-state index in [-0.39, 0.29) is 37.3 Å². The minimum atomic E-state index is -1.84. The molecule has 3 saturated heterocycles. The van der Waals surface area contributed by atoms with Crippen LogP contribution in [0, 0.1) is 17.8 Å². The summed E-state index contributed by atoms with van der Waals surface area (Å²) >= 11 is 0. The Morgan fingerprint density at radius 1 is 0.964 bits per heavy atom. The van der Waals surface area contributed by atoms with E-state index in [1.54, 1.807) is 48.5 Å². The molecule has 0 bridgehead atoms. The van der Waals surface area contributed by atoms with Crippen LogP contribution in [0.5, 0.6) is 0 Å². The van der Waals surface area contributed by atoms with Gasteiger partial charge in [-0.3, -0.25) is 4.79 Å². The van der Waals surface area contributed by atoms with Gasteiger partial charge in [-0.05, 0) is 94.8 Å². The van der Waals surface area contributed by atoms with E-state index in [1.807, 2.05) is 44.8 Å². The molecule has 18 atom stereocenters. The number of aliphatic hydroxyl groups excluding tert-OH is 3. The van der Waals surface area contributed by atoms with Crippen LogP contribution in [-0.4, -0.2) is 179 Å². The Balaban J connectivity index is 2.23. The van der Waals surface area contributed by atoms with Gasteiger partial charge in [0.15, 0.2) is 18.7 Å². The fraction of sp³-hybridized carbons (Fsp3) is 0.950. The molecule has 3 rings (SSSR count). The van der Waals surface area contributed by atoms with Crippen LogP contribution in [0.2, 0.25) is 0 Å². The molecule has 328 valence electrons. The van der Waals surface area contributed by atoms with Crippen molar-refractivity contribution in [1.82, 2.24) is 9.80 Å². The molecule has 0 aliphatic carbocycles.